The van der Waals surface area contributed by atoms with Crippen molar-refractivity contribution in [3.05, 3.63) is 58.7 Å². The molecular formula is C36H51ClN8O. The molecule has 248 valence electrons. The fourth-order valence-electron chi connectivity index (χ4n) is 8.38. The SMILES string of the molecule is CN1CCC(N2CCN(CC(CCN3CCC(N4CCc5ccccc5NC4=O)CC3)Cc3cc(Cl)c4[nH]ncc4c3)CC2)CC1. The van der Waals surface area contributed by atoms with Gasteiger partial charge in [-0.05, 0) is 107 Å². The zero-order chi connectivity index (χ0) is 31.5. The van der Waals surface area contributed by atoms with Crippen LogP contribution in [0.5, 0.6) is 0 Å². The molecule has 3 fully saturated rings. The lowest BCUT2D eigenvalue weighted by Gasteiger charge is -2.43. The number of fused-ring (bicyclic) bond motifs is 2. The van der Waals surface area contributed by atoms with Gasteiger partial charge in [0.15, 0.2) is 0 Å². The molecule has 7 rings (SSSR count). The van der Waals surface area contributed by atoms with Gasteiger partial charge in [0.05, 0.1) is 16.7 Å². The van der Waals surface area contributed by atoms with Crippen LogP contribution < -0.4 is 5.32 Å². The molecule has 4 aliphatic rings. The van der Waals surface area contributed by atoms with Crippen molar-refractivity contribution < 1.29 is 4.79 Å². The minimum absolute atomic E-state index is 0.0626. The lowest BCUT2D eigenvalue weighted by molar-refractivity contribution is 0.0562. The molecule has 0 aliphatic carbocycles. The first-order valence-corrected chi connectivity index (χ1v) is 18.0. The molecular weight excluding hydrogens is 596 g/mol. The topological polar surface area (TPSA) is 74.0 Å². The summed E-state index contributed by atoms with van der Waals surface area (Å²) in [5.41, 5.74) is 4.44. The Balaban J connectivity index is 0.942. The van der Waals surface area contributed by atoms with E-state index < -0.39 is 0 Å². The number of H-pyrrole nitrogens is 1. The standard InChI is InChI=1S/C36H51ClN8O/c1-41-12-8-31(9-13-41)44-20-18-43(19-21-44)26-27(22-28-23-30-25-38-40-35(30)33(37)24-28)6-14-42-15-10-32(11-16-42)45-17-7-29-4-2-3-5-34(29)39-36(45)46/h2-5,23-25,27,31-32H,6-22,26H2,1H3,(H,38,40)(H,39,46). The van der Waals surface area contributed by atoms with Gasteiger partial charge in [0.1, 0.15) is 0 Å². The van der Waals surface area contributed by atoms with E-state index in [4.69, 9.17) is 11.6 Å². The van der Waals surface area contributed by atoms with Crippen LogP contribution in [0.4, 0.5) is 10.5 Å². The molecule has 1 atom stereocenters. The molecule has 2 N–H and O–H groups in total. The van der Waals surface area contributed by atoms with E-state index >= 15 is 0 Å². The minimum atomic E-state index is 0.0626. The van der Waals surface area contributed by atoms with Gasteiger partial charge in [-0.1, -0.05) is 29.8 Å². The summed E-state index contributed by atoms with van der Waals surface area (Å²) >= 11 is 6.67. The Bertz CT molecular complexity index is 1460. The van der Waals surface area contributed by atoms with E-state index in [0.717, 1.165) is 99.2 Å². The Hall–Kier alpha value is -2.69. The van der Waals surface area contributed by atoms with E-state index in [0.29, 0.717) is 12.0 Å². The lowest BCUT2D eigenvalue weighted by Crippen LogP contribution is -2.53. The summed E-state index contributed by atoms with van der Waals surface area (Å²) in [6, 6.07) is 13.8. The van der Waals surface area contributed by atoms with E-state index in [1.165, 1.54) is 56.6 Å². The number of benzene rings is 2. The van der Waals surface area contributed by atoms with Crippen molar-refractivity contribution in [2.75, 3.05) is 84.4 Å². The smallest absolute Gasteiger partial charge is 0.321 e. The Morgan fingerprint density at radius 3 is 2.48 bits per heavy atom. The first-order chi connectivity index (χ1) is 22.5. The van der Waals surface area contributed by atoms with Crippen molar-refractivity contribution in [3.8, 4) is 0 Å². The normalized spacial score (nSPS) is 22.6. The van der Waals surface area contributed by atoms with Crippen LogP contribution in [0.2, 0.25) is 5.02 Å². The maximum atomic E-state index is 13.1. The fraction of sp³-hybridized carbons (Fsp3) is 0.611. The third-order valence-electron chi connectivity index (χ3n) is 11.2. The second kappa shape index (κ2) is 14.6. The molecule has 46 heavy (non-hydrogen) atoms. The number of rotatable bonds is 9. The summed E-state index contributed by atoms with van der Waals surface area (Å²) in [6.45, 7) is 12.3. The molecule has 10 heteroatoms. The largest absolute Gasteiger partial charge is 0.322 e. The van der Waals surface area contributed by atoms with E-state index in [9.17, 15) is 4.79 Å². The van der Waals surface area contributed by atoms with Crippen molar-refractivity contribution in [1.29, 1.82) is 0 Å². The van der Waals surface area contributed by atoms with Gasteiger partial charge >= 0.3 is 6.03 Å². The molecule has 5 heterocycles. The van der Waals surface area contributed by atoms with Crippen LogP contribution in [0.1, 0.15) is 43.2 Å². The maximum absolute atomic E-state index is 13.1. The number of piperidine rings is 2. The molecule has 0 radical (unpaired) electrons. The van der Waals surface area contributed by atoms with Crippen LogP contribution in [0.15, 0.2) is 42.6 Å². The number of halogens is 1. The number of hydrogen-bond acceptors (Lipinski definition) is 6. The van der Waals surface area contributed by atoms with E-state index in [2.05, 4.69) is 71.3 Å². The molecule has 2 amide bonds. The van der Waals surface area contributed by atoms with E-state index in [1.807, 2.05) is 18.3 Å². The monoisotopic (exact) mass is 646 g/mol. The highest BCUT2D eigenvalue weighted by Gasteiger charge is 2.31. The van der Waals surface area contributed by atoms with Gasteiger partial charge in [-0.25, -0.2) is 4.79 Å². The Labute approximate surface area is 279 Å². The Morgan fingerprint density at radius 2 is 1.67 bits per heavy atom. The lowest BCUT2D eigenvalue weighted by atomic mass is 9.93. The number of nitrogens with zero attached hydrogens (tertiary/aromatic N) is 6. The fourth-order valence-corrected chi connectivity index (χ4v) is 8.67. The Kier molecular flexibility index (Phi) is 10.1. The molecule has 2 aromatic carbocycles. The molecule has 1 unspecified atom stereocenters. The first-order valence-electron chi connectivity index (χ1n) is 17.6. The number of hydrogen-bond donors (Lipinski definition) is 2. The molecule has 1 aromatic heterocycles. The van der Waals surface area contributed by atoms with E-state index in [1.54, 1.807) is 0 Å². The van der Waals surface area contributed by atoms with Crippen molar-refractivity contribution in [2.45, 2.75) is 57.0 Å². The Morgan fingerprint density at radius 1 is 0.913 bits per heavy atom. The summed E-state index contributed by atoms with van der Waals surface area (Å²) in [6.07, 6.45) is 9.70. The average molecular weight is 647 g/mol. The number of likely N-dealkylation sites (tertiary alicyclic amines) is 2. The van der Waals surface area contributed by atoms with Gasteiger partial charge < -0.3 is 24.9 Å². The van der Waals surface area contributed by atoms with Crippen LogP contribution in [0, 0.1) is 5.92 Å². The van der Waals surface area contributed by atoms with Crippen LogP contribution >= 0.6 is 11.6 Å². The quantitative estimate of drug-likeness (QED) is 0.340. The van der Waals surface area contributed by atoms with Gasteiger partial charge in [-0.15, -0.1) is 0 Å². The molecule has 3 saturated heterocycles. The number of aromatic amines is 1. The van der Waals surface area contributed by atoms with Gasteiger partial charge in [0.25, 0.3) is 0 Å². The predicted octanol–water partition coefficient (Wildman–Crippen LogP) is 5.03. The molecule has 0 saturated carbocycles. The predicted molar refractivity (Wildman–Crippen MR) is 187 cm³/mol. The summed E-state index contributed by atoms with van der Waals surface area (Å²) < 4.78 is 0. The summed E-state index contributed by atoms with van der Waals surface area (Å²) in [5, 5.41) is 12.3. The highest BCUT2D eigenvalue weighted by Crippen LogP contribution is 2.28. The molecule has 4 aliphatic heterocycles. The van der Waals surface area contributed by atoms with Crippen LogP contribution in [0.3, 0.4) is 0 Å². The summed E-state index contributed by atoms with van der Waals surface area (Å²) in [5.74, 6) is 0.558. The number of para-hydroxylation sites is 1. The molecule has 0 spiro atoms. The number of nitrogens with one attached hydrogen (secondary N) is 2. The number of anilines is 1. The zero-order valence-corrected chi connectivity index (χ0v) is 28.2. The van der Waals surface area contributed by atoms with Crippen molar-refractivity contribution in [3.63, 3.8) is 0 Å². The van der Waals surface area contributed by atoms with Gasteiger partial charge in [0.2, 0.25) is 0 Å². The van der Waals surface area contributed by atoms with Crippen LogP contribution in [-0.2, 0) is 12.8 Å². The van der Waals surface area contributed by atoms with Crippen molar-refractivity contribution in [2.24, 2.45) is 5.92 Å². The molecule has 0 bridgehead atoms. The van der Waals surface area contributed by atoms with Gasteiger partial charge in [-0.3, -0.25) is 10.00 Å². The minimum Gasteiger partial charge on any atom is -0.321 e. The summed E-state index contributed by atoms with van der Waals surface area (Å²) in [4.78, 5) is 25.8. The third kappa shape index (κ3) is 7.55. The van der Waals surface area contributed by atoms with Crippen molar-refractivity contribution >= 4 is 34.2 Å². The zero-order valence-electron chi connectivity index (χ0n) is 27.5. The highest BCUT2D eigenvalue weighted by molar-refractivity contribution is 6.35. The van der Waals surface area contributed by atoms with E-state index in [-0.39, 0.29) is 6.03 Å². The number of carbonyl (C=O) groups excluding carboxylic acids is 1. The maximum Gasteiger partial charge on any atom is 0.322 e. The number of aromatic nitrogens is 2. The van der Waals surface area contributed by atoms with Crippen LogP contribution in [-0.4, -0.2) is 132 Å². The highest BCUT2D eigenvalue weighted by atomic mass is 35.5. The first kappa shape index (κ1) is 31.9. The molecule has 3 aromatic rings. The summed E-state index contributed by atoms with van der Waals surface area (Å²) in [7, 11) is 2.25. The van der Waals surface area contributed by atoms with Gasteiger partial charge in [-0.2, -0.15) is 5.10 Å². The third-order valence-corrected chi connectivity index (χ3v) is 11.5. The van der Waals surface area contributed by atoms with Gasteiger partial charge in [0, 0.05) is 75.5 Å². The number of carbonyl (C=O) groups is 1. The number of amides is 2. The number of urea groups is 1. The molecule has 9 nitrogen and oxygen atoms in total. The van der Waals surface area contributed by atoms with Crippen molar-refractivity contribution in [1.82, 2.24) is 34.7 Å². The second-order valence-corrected chi connectivity index (χ2v) is 14.7. The number of piperazine rings is 1. The average Bonchev–Trinajstić information content (AvgIpc) is 3.48. The second-order valence-electron chi connectivity index (χ2n) is 14.2. The van der Waals surface area contributed by atoms with Crippen LogP contribution in [0.25, 0.3) is 10.9 Å².